The molecule has 2 nitrogen and oxygen atoms in total. The molecule has 0 radical (unpaired) electrons. The number of benzene rings is 1. The Balaban J connectivity index is 3.08. The highest BCUT2D eigenvalue weighted by molar-refractivity contribution is 5.74. The van der Waals surface area contributed by atoms with Crippen LogP contribution in [0.2, 0.25) is 0 Å². The number of primary amides is 1. The van der Waals surface area contributed by atoms with Crippen LogP contribution >= 0.6 is 0 Å². The number of hydrogen-bond donors (Lipinski definition) is 1. The van der Waals surface area contributed by atoms with Gasteiger partial charge in [0.1, 0.15) is 0 Å². The van der Waals surface area contributed by atoms with Gasteiger partial charge in [0.2, 0.25) is 5.91 Å². The maximum absolute atomic E-state index is 12.6. The minimum atomic E-state index is -4.40. The van der Waals surface area contributed by atoms with Gasteiger partial charge in [-0.25, -0.2) is 0 Å². The molecule has 88 valence electrons. The second-order valence-electron chi connectivity index (χ2n) is 3.66. The van der Waals surface area contributed by atoms with E-state index >= 15 is 0 Å². The van der Waals surface area contributed by atoms with Gasteiger partial charge in [-0.15, -0.1) is 0 Å². The first kappa shape index (κ1) is 12.5. The molecule has 0 aliphatic carbocycles. The molecule has 5 heteroatoms. The molecule has 0 aromatic heterocycles. The lowest BCUT2D eigenvalue weighted by Crippen LogP contribution is -2.16. The van der Waals surface area contributed by atoms with Crippen LogP contribution in [0.5, 0.6) is 0 Å². The van der Waals surface area contributed by atoms with Gasteiger partial charge in [-0.2, -0.15) is 13.2 Å². The molecule has 0 saturated heterocycles. The first-order valence-corrected chi connectivity index (χ1v) is 4.76. The second-order valence-corrected chi connectivity index (χ2v) is 3.66. The molecule has 0 heterocycles. The molecular weight excluding hydrogens is 219 g/mol. The SMILES string of the molecule is CC(CC(N)=O)c1ccccc1C(F)(F)F. The highest BCUT2D eigenvalue weighted by Crippen LogP contribution is 2.35. The summed E-state index contributed by atoms with van der Waals surface area (Å²) in [6.45, 7) is 1.55. The van der Waals surface area contributed by atoms with E-state index in [9.17, 15) is 18.0 Å². The van der Waals surface area contributed by atoms with Crippen molar-refractivity contribution in [1.29, 1.82) is 0 Å². The normalized spacial score (nSPS) is 13.5. The Morgan fingerprint density at radius 2 is 1.94 bits per heavy atom. The lowest BCUT2D eigenvalue weighted by atomic mass is 9.92. The Bertz CT molecular complexity index is 387. The summed E-state index contributed by atoms with van der Waals surface area (Å²) in [4.78, 5) is 10.7. The van der Waals surface area contributed by atoms with Crippen molar-refractivity contribution < 1.29 is 18.0 Å². The van der Waals surface area contributed by atoms with Crippen molar-refractivity contribution in [3.05, 3.63) is 35.4 Å². The van der Waals surface area contributed by atoms with Gasteiger partial charge in [0.15, 0.2) is 0 Å². The first-order chi connectivity index (χ1) is 7.32. The molecule has 0 aliphatic rings. The molecule has 1 amide bonds. The number of nitrogens with two attached hydrogens (primary N) is 1. The summed E-state index contributed by atoms with van der Waals surface area (Å²) in [5.74, 6) is -1.14. The van der Waals surface area contributed by atoms with Crippen molar-refractivity contribution in [1.82, 2.24) is 0 Å². The fourth-order valence-electron chi connectivity index (χ4n) is 1.60. The van der Waals surface area contributed by atoms with E-state index in [0.717, 1.165) is 6.07 Å². The van der Waals surface area contributed by atoms with Gasteiger partial charge >= 0.3 is 6.18 Å². The number of halogens is 3. The number of carbonyl (C=O) groups excluding carboxylic acids is 1. The molecule has 0 saturated carbocycles. The minimum Gasteiger partial charge on any atom is -0.370 e. The summed E-state index contributed by atoms with van der Waals surface area (Å²) in [7, 11) is 0. The summed E-state index contributed by atoms with van der Waals surface area (Å²) >= 11 is 0. The molecule has 1 rings (SSSR count). The van der Waals surface area contributed by atoms with Crippen LogP contribution in [0, 0.1) is 0 Å². The second kappa shape index (κ2) is 4.55. The van der Waals surface area contributed by atoms with Crippen molar-refractivity contribution in [2.45, 2.75) is 25.4 Å². The lowest BCUT2D eigenvalue weighted by Gasteiger charge is -2.16. The molecule has 1 unspecified atom stereocenters. The third-order valence-electron chi connectivity index (χ3n) is 2.30. The zero-order valence-corrected chi connectivity index (χ0v) is 8.71. The van der Waals surface area contributed by atoms with E-state index in [-0.39, 0.29) is 12.0 Å². The number of alkyl halides is 3. The van der Waals surface area contributed by atoms with E-state index in [2.05, 4.69) is 0 Å². The first-order valence-electron chi connectivity index (χ1n) is 4.76. The molecule has 2 N–H and O–H groups in total. The minimum absolute atomic E-state index is 0.0902. The third kappa shape index (κ3) is 2.98. The monoisotopic (exact) mass is 231 g/mol. The fraction of sp³-hybridized carbons (Fsp3) is 0.364. The number of rotatable bonds is 3. The number of hydrogen-bond acceptors (Lipinski definition) is 1. The van der Waals surface area contributed by atoms with Crippen molar-refractivity contribution >= 4 is 5.91 Å². The maximum Gasteiger partial charge on any atom is 0.416 e. The van der Waals surface area contributed by atoms with Gasteiger partial charge < -0.3 is 5.73 Å². The van der Waals surface area contributed by atoms with E-state index in [1.165, 1.54) is 18.2 Å². The van der Waals surface area contributed by atoms with Crippen LogP contribution in [0.3, 0.4) is 0 Å². The molecule has 1 aromatic carbocycles. The highest BCUT2D eigenvalue weighted by Gasteiger charge is 2.34. The molecular formula is C11H12F3NO. The van der Waals surface area contributed by atoms with Crippen molar-refractivity contribution in [2.75, 3.05) is 0 Å². The summed E-state index contributed by atoms with van der Waals surface area (Å²) in [6, 6.07) is 5.22. The van der Waals surface area contributed by atoms with Crippen LogP contribution in [0.15, 0.2) is 24.3 Å². The summed E-state index contributed by atoms with van der Waals surface area (Å²) in [5.41, 5.74) is 4.37. The van der Waals surface area contributed by atoms with Crippen LogP contribution in [-0.4, -0.2) is 5.91 Å². The van der Waals surface area contributed by atoms with Gasteiger partial charge in [0, 0.05) is 6.42 Å². The van der Waals surface area contributed by atoms with Gasteiger partial charge in [0.05, 0.1) is 5.56 Å². The number of amides is 1. The standard InChI is InChI=1S/C11H12F3NO/c1-7(6-10(15)16)8-4-2-3-5-9(8)11(12,13)14/h2-5,7H,6H2,1H3,(H2,15,16). The molecule has 1 aromatic rings. The van der Waals surface area contributed by atoms with Crippen LogP contribution in [-0.2, 0) is 11.0 Å². The lowest BCUT2D eigenvalue weighted by molar-refractivity contribution is -0.138. The summed E-state index contributed by atoms with van der Waals surface area (Å²) in [5, 5.41) is 0. The van der Waals surface area contributed by atoms with Gasteiger partial charge in [-0.3, -0.25) is 4.79 Å². The Hall–Kier alpha value is -1.52. The number of carbonyl (C=O) groups is 1. The van der Waals surface area contributed by atoms with E-state index in [4.69, 9.17) is 5.73 Å². The highest BCUT2D eigenvalue weighted by atomic mass is 19.4. The molecule has 0 bridgehead atoms. The van der Waals surface area contributed by atoms with Crippen LogP contribution < -0.4 is 5.73 Å². The van der Waals surface area contributed by atoms with E-state index in [0.29, 0.717) is 0 Å². The van der Waals surface area contributed by atoms with Crippen molar-refractivity contribution in [2.24, 2.45) is 5.73 Å². The smallest absolute Gasteiger partial charge is 0.370 e. The molecule has 16 heavy (non-hydrogen) atoms. The molecule has 0 fully saturated rings. The average Bonchev–Trinajstić information content (AvgIpc) is 2.15. The van der Waals surface area contributed by atoms with Gasteiger partial charge in [-0.05, 0) is 17.5 Å². The predicted molar refractivity (Wildman–Crippen MR) is 53.7 cm³/mol. The Morgan fingerprint density at radius 1 is 1.38 bits per heavy atom. The van der Waals surface area contributed by atoms with Crippen molar-refractivity contribution in [3.8, 4) is 0 Å². The van der Waals surface area contributed by atoms with Crippen molar-refractivity contribution in [3.63, 3.8) is 0 Å². The average molecular weight is 231 g/mol. The maximum atomic E-state index is 12.6. The van der Waals surface area contributed by atoms with E-state index in [1.807, 2.05) is 0 Å². The predicted octanol–water partition coefficient (Wildman–Crippen LogP) is 2.68. The summed E-state index contributed by atoms with van der Waals surface area (Å²) in [6.07, 6.45) is -4.49. The zero-order chi connectivity index (χ0) is 12.3. The van der Waals surface area contributed by atoms with Gasteiger partial charge in [0.25, 0.3) is 0 Å². The van der Waals surface area contributed by atoms with Crippen LogP contribution in [0.25, 0.3) is 0 Å². The largest absolute Gasteiger partial charge is 0.416 e. The van der Waals surface area contributed by atoms with Crippen LogP contribution in [0.1, 0.15) is 30.4 Å². The summed E-state index contributed by atoms with van der Waals surface area (Å²) < 4.78 is 37.9. The van der Waals surface area contributed by atoms with Gasteiger partial charge in [-0.1, -0.05) is 25.1 Å². The molecule has 1 atom stereocenters. The van der Waals surface area contributed by atoms with E-state index < -0.39 is 23.6 Å². The Kier molecular flexibility index (Phi) is 3.57. The molecule has 0 spiro atoms. The van der Waals surface area contributed by atoms with E-state index in [1.54, 1.807) is 6.92 Å². The zero-order valence-electron chi connectivity index (χ0n) is 8.71. The fourth-order valence-corrected chi connectivity index (χ4v) is 1.60. The topological polar surface area (TPSA) is 43.1 Å². The third-order valence-corrected chi connectivity index (χ3v) is 2.30. The Morgan fingerprint density at radius 3 is 2.44 bits per heavy atom. The quantitative estimate of drug-likeness (QED) is 0.853. The molecule has 0 aliphatic heterocycles. The van der Waals surface area contributed by atoms with Crippen LogP contribution in [0.4, 0.5) is 13.2 Å². The Labute approximate surface area is 91.3 Å².